The van der Waals surface area contributed by atoms with E-state index in [0.717, 1.165) is 10.5 Å². The van der Waals surface area contributed by atoms with Crippen molar-refractivity contribution in [3.05, 3.63) is 99.5 Å². The minimum Gasteiger partial charge on any atom is -0.324 e. The van der Waals surface area contributed by atoms with E-state index >= 15 is 0 Å². The van der Waals surface area contributed by atoms with Crippen molar-refractivity contribution in [2.24, 2.45) is 0 Å². The molecule has 4 rings (SSSR count). The minimum atomic E-state index is -1.03. The van der Waals surface area contributed by atoms with Crippen LogP contribution in [0.25, 0.3) is 0 Å². The molecule has 0 unspecified atom stereocenters. The molecule has 150 valence electrons. The summed E-state index contributed by atoms with van der Waals surface area (Å²) in [6.45, 7) is 0. The Labute approximate surface area is 183 Å². The van der Waals surface area contributed by atoms with Gasteiger partial charge in [0.1, 0.15) is 6.04 Å². The van der Waals surface area contributed by atoms with Crippen molar-refractivity contribution in [2.75, 3.05) is 5.32 Å². The third-order valence-corrected chi connectivity index (χ3v) is 5.64. The van der Waals surface area contributed by atoms with E-state index in [1.165, 1.54) is 6.07 Å². The first-order valence-electron chi connectivity index (χ1n) is 9.22. The van der Waals surface area contributed by atoms with Crippen LogP contribution in [0.4, 0.5) is 5.69 Å². The average molecular weight is 439 g/mol. The van der Waals surface area contributed by atoms with Crippen LogP contribution in [0.3, 0.4) is 0 Å². The highest BCUT2D eigenvalue weighted by Gasteiger charge is 2.42. The van der Waals surface area contributed by atoms with Crippen molar-refractivity contribution < 1.29 is 14.4 Å². The van der Waals surface area contributed by atoms with Crippen LogP contribution in [0.2, 0.25) is 10.0 Å². The third-order valence-electron chi connectivity index (χ3n) is 4.90. The lowest BCUT2D eigenvalue weighted by Gasteiger charge is -2.25. The number of hydrogen-bond donors (Lipinski definition) is 1. The molecule has 0 spiro atoms. The molecule has 0 saturated heterocycles. The van der Waals surface area contributed by atoms with Crippen molar-refractivity contribution in [1.29, 1.82) is 0 Å². The fourth-order valence-electron chi connectivity index (χ4n) is 3.43. The van der Waals surface area contributed by atoms with Gasteiger partial charge in [0.05, 0.1) is 21.2 Å². The van der Waals surface area contributed by atoms with E-state index < -0.39 is 23.8 Å². The number of carbonyl (C=O) groups is 3. The minimum absolute atomic E-state index is 0.180. The van der Waals surface area contributed by atoms with Gasteiger partial charge in [0.2, 0.25) is 5.91 Å². The number of halogens is 2. The molecule has 30 heavy (non-hydrogen) atoms. The summed E-state index contributed by atoms with van der Waals surface area (Å²) < 4.78 is 0. The maximum Gasteiger partial charge on any atom is 0.262 e. The molecule has 7 heteroatoms. The quantitative estimate of drug-likeness (QED) is 0.579. The maximum atomic E-state index is 13.2. The van der Waals surface area contributed by atoms with Gasteiger partial charge in [0.25, 0.3) is 11.8 Å². The van der Waals surface area contributed by atoms with Gasteiger partial charge in [-0.25, -0.2) is 0 Å². The zero-order valence-electron chi connectivity index (χ0n) is 15.6. The highest BCUT2D eigenvalue weighted by molar-refractivity contribution is 6.42. The molecule has 0 radical (unpaired) electrons. The molecule has 1 atom stereocenters. The Balaban J connectivity index is 1.68. The van der Waals surface area contributed by atoms with Crippen LogP contribution >= 0.6 is 23.2 Å². The zero-order valence-corrected chi connectivity index (χ0v) is 17.2. The van der Waals surface area contributed by atoms with Gasteiger partial charge in [-0.05, 0) is 35.9 Å². The lowest BCUT2D eigenvalue weighted by molar-refractivity contribution is -0.119. The second kappa shape index (κ2) is 8.30. The lowest BCUT2D eigenvalue weighted by Crippen LogP contribution is -2.48. The summed E-state index contributed by atoms with van der Waals surface area (Å²) in [6, 6.07) is 19.4. The molecule has 0 aromatic heterocycles. The van der Waals surface area contributed by atoms with E-state index in [0.29, 0.717) is 21.8 Å². The predicted molar refractivity (Wildman–Crippen MR) is 116 cm³/mol. The average Bonchev–Trinajstić information content (AvgIpc) is 3.00. The number of imide groups is 1. The van der Waals surface area contributed by atoms with Crippen LogP contribution in [-0.4, -0.2) is 28.7 Å². The fraction of sp³-hybridized carbons (Fsp3) is 0.0870. The fourth-order valence-corrected chi connectivity index (χ4v) is 3.73. The molecule has 0 aliphatic carbocycles. The normalized spacial score (nSPS) is 13.9. The van der Waals surface area contributed by atoms with Crippen molar-refractivity contribution in [3.63, 3.8) is 0 Å². The van der Waals surface area contributed by atoms with E-state index in [1.807, 2.05) is 30.3 Å². The van der Waals surface area contributed by atoms with Gasteiger partial charge in [-0.2, -0.15) is 0 Å². The Kier molecular flexibility index (Phi) is 5.57. The van der Waals surface area contributed by atoms with Gasteiger partial charge in [-0.3, -0.25) is 19.3 Å². The lowest BCUT2D eigenvalue weighted by atomic mass is 10.0. The molecule has 5 nitrogen and oxygen atoms in total. The first-order chi connectivity index (χ1) is 14.5. The summed E-state index contributed by atoms with van der Waals surface area (Å²) in [5.74, 6) is -1.46. The van der Waals surface area contributed by atoms with Gasteiger partial charge in [-0.15, -0.1) is 0 Å². The Morgan fingerprint density at radius 1 is 0.833 bits per heavy atom. The van der Waals surface area contributed by atoms with Crippen molar-refractivity contribution >= 4 is 46.6 Å². The Morgan fingerprint density at radius 3 is 2.03 bits per heavy atom. The first kappa shape index (κ1) is 20.1. The van der Waals surface area contributed by atoms with Crippen molar-refractivity contribution in [1.82, 2.24) is 4.90 Å². The number of hydrogen-bond acceptors (Lipinski definition) is 3. The molecule has 1 heterocycles. The number of carbonyl (C=O) groups excluding carboxylic acids is 3. The number of amides is 3. The summed E-state index contributed by atoms with van der Waals surface area (Å²) >= 11 is 12.0. The third kappa shape index (κ3) is 3.82. The van der Waals surface area contributed by atoms with Gasteiger partial charge in [0, 0.05) is 12.1 Å². The topological polar surface area (TPSA) is 66.5 Å². The van der Waals surface area contributed by atoms with Gasteiger partial charge in [-0.1, -0.05) is 65.7 Å². The molecule has 0 saturated carbocycles. The molecular formula is C23H16Cl2N2O3. The number of rotatable bonds is 5. The summed E-state index contributed by atoms with van der Waals surface area (Å²) in [7, 11) is 0. The second-order valence-electron chi connectivity index (χ2n) is 6.85. The van der Waals surface area contributed by atoms with E-state index in [9.17, 15) is 14.4 Å². The van der Waals surface area contributed by atoms with Crippen LogP contribution in [0.1, 0.15) is 26.3 Å². The number of benzene rings is 3. The van der Waals surface area contributed by atoms with Crippen molar-refractivity contribution in [2.45, 2.75) is 12.5 Å². The molecule has 3 amide bonds. The SMILES string of the molecule is O=C(Nc1ccc(Cl)c(Cl)c1)[C@H](Cc1ccccc1)N1C(=O)c2ccccc2C1=O. The second-order valence-corrected chi connectivity index (χ2v) is 7.66. The smallest absolute Gasteiger partial charge is 0.262 e. The van der Waals surface area contributed by atoms with Crippen LogP contribution in [-0.2, 0) is 11.2 Å². The largest absolute Gasteiger partial charge is 0.324 e. The highest BCUT2D eigenvalue weighted by atomic mass is 35.5. The standard InChI is InChI=1S/C23H16Cl2N2O3/c24-18-11-10-15(13-19(18)25)26-21(28)20(12-14-6-2-1-3-7-14)27-22(29)16-8-4-5-9-17(16)23(27)30/h1-11,13,20H,12H2,(H,26,28)/t20-/m0/s1. The number of anilines is 1. The number of nitrogens with zero attached hydrogens (tertiary/aromatic N) is 1. The van der Waals surface area contributed by atoms with E-state index in [-0.39, 0.29) is 11.4 Å². The molecule has 0 fully saturated rings. The Hall–Kier alpha value is -3.15. The van der Waals surface area contributed by atoms with E-state index in [2.05, 4.69) is 5.32 Å². The molecule has 1 aliphatic heterocycles. The number of fused-ring (bicyclic) bond motifs is 1. The maximum absolute atomic E-state index is 13.2. The van der Waals surface area contributed by atoms with Crippen molar-refractivity contribution in [3.8, 4) is 0 Å². The summed E-state index contributed by atoms with van der Waals surface area (Å²) in [6.07, 6.45) is 0.180. The molecular weight excluding hydrogens is 423 g/mol. The highest BCUT2D eigenvalue weighted by Crippen LogP contribution is 2.28. The molecule has 3 aromatic carbocycles. The van der Waals surface area contributed by atoms with Gasteiger partial charge >= 0.3 is 0 Å². The van der Waals surface area contributed by atoms with Crippen LogP contribution in [0.15, 0.2) is 72.8 Å². The molecule has 1 aliphatic rings. The molecule has 1 N–H and O–H groups in total. The van der Waals surface area contributed by atoms with Crippen LogP contribution < -0.4 is 5.32 Å². The van der Waals surface area contributed by atoms with E-state index in [1.54, 1.807) is 36.4 Å². The van der Waals surface area contributed by atoms with Crippen LogP contribution in [0.5, 0.6) is 0 Å². The first-order valence-corrected chi connectivity index (χ1v) is 9.98. The monoisotopic (exact) mass is 438 g/mol. The summed E-state index contributed by atoms with van der Waals surface area (Å²) in [4.78, 5) is 40.2. The number of nitrogens with one attached hydrogen (secondary N) is 1. The summed E-state index contributed by atoms with van der Waals surface area (Å²) in [5.41, 5.74) is 1.83. The molecule has 3 aromatic rings. The van der Waals surface area contributed by atoms with Crippen LogP contribution in [0, 0.1) is 0 Å². The van der Waals surface area contributed by atoms with E-state index in [4.69, 9.17) is 23.2 Å². The summed E-state index contributed by atoms with van der Waals surface area (Å²) in [5, 5.41) is 3.39. The predicted octanol–water partition coefficient (Wildman–Crippen LogP) is 4.84. The molecule has 0 bridgehead atoms. The van der Waals surface area contributed by atoms with Gasteiger partial charge < -0.3 is 5.32 Å². The Bertz CT molecular complexity index is 1110. The Morgan fingerprint density at radius 2 is 1.43 bits per heavy atom. The zero-order chi connectivity index (χ0) is 21.3. The van der Waals surface area contributed by atoms with Gasteiger partial charge in [0.15, 0.2) is 0 Å².